The molecule has 2 aromatic rings. The number of carbonyl (C=O) groups is 2. The van der Waals surface area contributed by atoms with E-state index < -0.39 is 5.97 Å². The summed E-state index contributed by atoms with van der Waals surface area (Å²) in [4.78, 5) is 24.2. The van der Waals surface area contributed by atoms with Crippen LogP contribution in [0.3, 0.4) is 0 Å². The fraction of sp³-hybridized carbons (Fsp3) is 0.308. The highest BCUT2D eigenvalue weighted by molar-refractivity contribution is 5.95. The number of nitrogens with one attached hydrogen (secondary N) is 1. The third-order valence-corrected chi connectivity index (χ3v) is 2.94. The Hall–Kier alpha value is -2.77. The maximum Gasteiger partial charge on any atom is 0.303 e. The second kappa shape index (κ2) is 6.60. The van der Waals surface area contributed by atoms with Gasteiger partial charge < -0.3 is 10.0 Å². The van der Waals surface area contributed by atoms with Gasteiger partial charge >= 0.3 is 5.97 Å². The van der Waals surface area contributed by atoms with Crippen LogP contribution in [0.2, 0.25) is 0 Å². The Morgan fingerprint density at radius 1 is 1.38 bits per heavy atom. The summed E-state index contributed by atoms with van der Waals surface area (Å²) in [5.74, 6) is -0.626. The number of hydrogen-bond donors (Lipinski definition) is 2. The van der Waals surface area contributed by atoms with Crippen LogP contribution in [0.15, 0.2) is 24.3 Å². The van der Waals surface area contributed by atoms with Gasteiger partial charge in [-0.15, -0.1) is 10.2 Å². The summed E-state index contributed by atoms with van der Waals surface area (Å²) >= 11 is 0. The summed E-state index contributed by atoms with van der Waals surface area (Å²) in [7, 11) is 1.64. The molecule has 0 aliphatic carbocycles. The Morgan fingerprint density at radius 2 is 2.19 bits per heavy atom. The molecule has 1 amide bonds. The number of rotatable bonds is 6. The zero-order chi connectivity index (χ0) is 15.2. The number of hydrogen-bond acceptors (Lipinski definition) is 5. The van der Waals surface area contributed by atoms with E-state index in [4.69, 9.17) is 5.11 Å². The topological polar surface area (TPSA) is 112 Å². The highest BCUT2D eigenvalue weighted by atomic mass is 16.4. The molecule has 0 fully saturated rings. The number of carboxylic acid groups (broad SMARTS) is 1. The van der Waals surface area contributed by atoms with Crippen molar-refractivity contribution < 1.29 is 14.7 Å². The molecule has 0 saturated carbocycles. The van der Waals surface area contributed by atoms with E-state index in [0.717, 1.165) is 0 Å². The smallest absolute Gasteiger partial charge is 0.303 e. The molecule has 8 nitrogen and oxygen atoms in total. The highest BCUT2D eigenvalue weighted by Crippen LogP contribution is 2.16. The van der Waals surface area contributed by atoms with Crippen molar-refractivity contribution in [3.63, 3.8) is 0 Å². The molecule has 0 saturated heterocycles. The lowest BCUT2D eigenvalue weighted by Gasteiger charge is -2.16. The molecule has 1 aromatic heterocycles. The van der Waals surface area contributed by atoms with Gasteiger partial charge in [-0.05, 0) is 23.8 Å². The average Bonchev–Trinajstić information content (AvgIpc) is 3.00. The summed E-state index contributed by atoms with van der Waals surface area (Å²) in [6, 6.07) is 6.90. The summed E-state index contributed by atoms with van der Waals surface area (Å²) < 4.78 is 0. The predicted molar refractivity (Wildman–Crippen MR) is 73.4 cm³/mol. The van der Waals surface area contributed by atoms with Gasteiger partial charge in [-0.3, -0.25) is 9.59 Å². The minimum Gasteiger partial charge on any atom is -0.481 e. The van der Waals surface area contributed by atoms with Crippen molar-refractivity contribution in [2.24, 2.45) is 0 Å². The van der Waals surface area contributed by atoms with Gasteiger partial charge in [-0.25, -0.2) is 0 Å². The SMILES string of the molecule is CN(CCCC(=O)O)C(=O)c1cccc(-c2nn[nH]n2)c1. The molecule has 0 unspecified atom stereocenters. The van der Waals surface area contributed by atoms with Crippen molar-refractivity contribution in [1.29, 1.82) is 0 Å². The number of aromatic nitrogens is 4. The summed E-state index contributed by atoms with van der Waals surface area (Å²) in [6.45, 7) is 0.386. The first-order valence-corrected chi connectivity index (χ1v) is 6.39. The van der Waals surface area contributed by atoms with Crippen LogP contribution in [-0.4, -0.2) is 56.1 Å². The van der Waals surface area contributed by atoms with E-state index in [2.05, 4.69) is 20.6 Å². The minimum absolute atomic E-state index is 0.0422. The quantitative estimate of drug-likeness (QED) is 0.813. The lowest BCUT2D eigenvalue weighted by molar-refractivity contribution is -0.137. The first-order valence-electron chi connectivity index (χ1n) is 6.39. The molecule has 2 rings (SSSR count). The maximum atomic E-state index is 12.3. The number of carboxylic acids is 1. The zero-order valence-corrected chi connectivity index (χ0v) is 11.5. The average molecular weight is 289 g/mol. The second-order valence-corrected chi connectivity index (χ2v) is 4.54. The van der Waals surface area contributed by atoms with Crippen LogP contribution < -0.4 is 0 Å². The Balaban J connectivity index is 2.05. The van der Waals surface area contributed by atoms with E-state index in [9.17, 15) is 9.59 Å². The number of aliphatic carboxylic acids is 1. The maximum absolute atomic E-state index is 12.3. The van der Waals surface area contributed by atoms with Gasteiger partial charge in [0.15, 0.2) is 0 Å². The Morgan fingerprint density at radius 3 is 2.86 bits per heavy atom. The lowest BCUT2D eigenvalue weighted by atomic mass is 10.1. The third kappa shape index (κ3) is 3.85. The summed E-state index contributed by atoms with van der Waals surface area (Å²) in [5, 5.41) is 22.2. The van der Waals surface area contributed by atoms with Crippen molar-refractivity contribution in [2.45, 2.75) is 12.8 Å². The van der Waals surface area contributed by atoms with Gasteiger partial charge in [0.1, 0.15) is 0 Å². The van der Waals surface area contributed by atoms with Crippen molar-refractivity contribution in [1.82, 2.24) is 25.5 Å². The Bertz CT molecular complexity index is 626. The molecule has 1 aromatic carbocycles. The van der Waals surface area contributed by atoms with Crippen molar-refractivity contribution in [3.05, 3.63) is 29.8 Å². The van der Waals surface area contributed by atoms with Crippen LogP contribution in [-0.2, 0) is 4.79 Å². The lowest BCUT2D eigenvalue weighted by Crippen LogP contribution is -2.28. The number of aromatic amines is 1. The van der Waals surface area contributed by atoms with Gasteiger partial charge in [0, 0.05) is 31.1 Å². The van der Waals surface area contributed by atoms with Crippen molar-refractivity contribution in [3.8, 4) is 11.4 Å². The van der Waals surface area contributed by atoms with E-state index in [1.807, 2.05) is 0 Å². The summed E-state index contributed by atoms with van der Waals surface area (Å²) in [5.41, 5.74) is 1.18. The first-order chi connectivity index (χ1) is 10.1. The number of benzene rings is 1. The van der Waals surface area contributed by atoms with E-state index in [1.165, 1.54) is 4.90 Å². The fourth-order valence-electron chi connectivity index (χ4n) is 1.86. The van der Waals surface area contributed by atoms with E-state index in [-0.39, 0.29) is 12.3 Å². The van der Waals surface area contributed by atoms with E-state index >= 15 is 0 Å². The molecule has 110 valence electrons. The zero-order valence-electron chi connectivity index (χ0n) is 11.5. The molecule has 0 bridgehead atoms. The van der Waals surface area contributed by atoms with Crippen LogP contribution >= 0.6 is 0 Å². The Kier molecular flexibility index (Phi) is 4.60. The number of tetrazole rings is 1. The molecule has 0 aliphatic rings. The molecule has 21 heavy (non-hydrogen) atoms. The molecular weight excluding hydrogens is 274 g/mol. The first kappa shape index (κ1) is 14.6. The van der Waals surface area contributed by atoms with Gasteiger partial charge in [0.25, 0.3) is 5.91 Å². The molecule has 2 N–H and O–H groups in total. The number of nitrogens with zero attached hydrogens (tertiary/aromatic N) is 4. The normalized spacial score (nSPS) is 10.3. The van der Waals surface area contributed by atoms with Crippen LogP contribution in [0.25, 0.3) is 11.4 Å². The van der Waals surface area contributed by atoms with Gasteiger partial charge in [0.2, 0.25) is 5.82 Å². The van der Waals surface area contributed by atoms with Crippen LogP contribution in [0.5, 0.6) is 0 Å². The van der Waals surface area contributed by atoms with Crippen LogP contribution in [0.4, 0.5) is 0 Å². The monoisotopic (exact) mass is 289 g/mol. The van der Waals surface area contributed by atoms with Crippen molar-refractivity contribution >= 4 is 11.9 Å². The highest BCUT2D eigenvalue weighted by Gasteiger charge is 2.13. The molecule has 0 spiro atoms. The van der Waals surface area contributed by atoms with E-state index in [1.54, 1.807) is 31.3 Å². The molecular formula is C13H15N5O3. The third-order valence-electron chi connectivity index (χ3n) is 2.94. The van der Waals surface area contributed by atoms with Gasteiger partial charge in [0.05, 0.1) is 0 Å². The number of H-pyrrole nitrogens is 1. The molecule has 0 radical (unpaired) electrons. The standard InChI is InChI=1S/C13H15N5O3/c1-18(7-3-6-11(19)20)13(21)10-5-2-4-9(8-10)12-14-16-17-15-12/h2,4-5,8H,3,6-7H2,1H3,(H,19,20)(H,14,15,16,17). The number of amides is 1. The van der Waals surface area contributed by atoms with Gasteiger partial charge in [-0.1, -0.05) is 12.1 Å². The van der Waals surface area contributed by atoms with Crippen LogP contribution in [0.1, 0.15) is 23.2 Å². The molecule has 0 atom stereocenters. The van der Waals surface area contributed by atoms with E-state index in [0.29, 0.717) is 29.9 Å². The largest absolute Gasteiger partial charge is 0.481 e. The molecule has 8 heteroatoms. The summed E-state index contributed by atoms with van der Waals surface area (Å²) in [6.07, 6.45) is 0.461. The predicted octanol–water partition coefficient (Wildman–Crippen LogP) is 0.803. The Labute approximate surface area is 120 Å². The second-order valence-electron chi connectivity index (χ2n) is 4.54. The molecule has 1 heterocycles. The fourth-order valence-corrected chi connectivity index (χ4v) is 1.86. The minimum atomic E-state index is -0.866. The number of carbonyl (C=O) groups excluding carboxylic acids is 1. The van der Waals surface area contributed by atoms with Crippen molar-refractivity contribution in [2.75, 3.05) is 13.6 Å². The molecule has 0 aliphatic heterocycles. The van der Waals surface area contributed by atoms with Crippen LogP contribution in [0, 0.1) is 0 Å². The van der Waals surface area contributed by atoms with Gasteiger partial charge in [-0.2, -0.15) is 5.21 Å².